The van der Waals surface area contributed by atoms with Gasteiger partial charge in [-0.1, -0.05) is 26.7 Å². The molecule has 0 radical (unpaired) electrons. The summed E-state index contributed by atoms with van der Waals surface area (Å²) in [7, 11) is 0. The van der Waals surface area contributed by atoms with Crippen molar-refractivity contribution in [2.75, 3.05) is 0 Å². The molecule has 0 aromatic carbocycles. The van der Waals surface area contributed by atoms with E-state index in [1.165, 1.54) is 25.7 Å². The van der Waals surface area contributed by atoms with Gasteiger partial charge in [-0.3, -0.25) is 0 Å². The predicted octanol–water partition coefficient (Wildman–Crippen LogP) is 1.90. The van der Waals surface area contributed by atoms with Crippen LogP contribution in [0.5, 0.6) is 0 Å². The third-order valence-corrected chi connectivity index (χ3v) is 3.13. The summed E-state index contributed by atoms with van der Waals surface area (Å²) in [6, 6.07) is 0. The Labute approximate surface area is 74.6 Å². The van der Waals surface area contributed by atoms with Gasteiger partial charge in [-0.25, -0.2) is 0 Å². The predicted molar refractivity (Wildman–Crippen MR) is 48.6 cm³/mol. The lowest BCUT2D eigenvalue weighted by Gasteiger charge is -2.27. The van der Waals surface area contributed by atoms with Crippen LogP contribution in [0.15, 0.2) is 0 Å². The van der Waals surface area contributed by atoms with Crippen LogP contribution in [-0.2, 0) is 0 Å². The van der Waals surface area contributed by atoms with E-state index in [1.54, 1.807) is 0 Å². The van der Waals surface area contributed by atoms with Crippen molar-refractivity contribution >= 4 is 0 Å². The summed E-state index contributed by atoms with van der Waals surface area (Å²) in [5.74, 6) is 0.0214. The first-order valence-electron chi connectivity index (χ1n) is 4.90. The topological polar surface area (TPSA) is 40.5 Å². The number of hydrogen-bond donors (Lipinski definition) is 2. The van der Waals surface area contributed by atoms with Crippen LogP contribution < -0.4 is 0 Å². The van der Waals surface area contributed by atoms with Crippen molar-refractivity contribution in [3.8, 4) is 0 Å². The minimum absolute atomic E-state index is 0.0214. The van der Waals surface area contributed by atoms with Gasteiger partial charge in [0.25, 0.3) is 0 Å². The fourth-order valence-electron chi connectivity index (χ4n) is 2.32. The molecule has 0 spiro atoms. The zero-order chi connectivity index (χ0) is 9.19. The van der Waals surface area contributed by atoms with Crippen molar-refractivity contribution < 1.29 is 10.2 Å². The Morgan fingerprint density at radius 1 is 1.25 bits per heavy atom. The molecule has 1 rings (SSSR count). The van der Waals surface area contributed by atoms with Gasteiger partial charge in [-0.15, -0.1) is 0 Å². The SMILES string of the molecule is CC(CC1(C)CCCC1)C(O)O. The molecular formula is C10H20O2. The average molecular weight is 172 g/mol. The summed E-state index contributed by atoms with van der Waals surface area (Å²) >= 11 is 0. The Hall–Kier alpha value is -0.0800. The van der Waals surface area contributed by atoms with Crippen LogP contribution in [0.25, 0.3) is 0 Å². The summed E-state index contributed by atoms with van der Waals surface area (Å²) in [5, 5.41) is 17.9. The minimum Gasteiger partial charge on any atom is -0.368 e. The second kappa shape index (κ2) is 3.75. The fraction of sp³-hybridized carbons (Fsp3) is 1.00. The van der Waals surface area contributed by atoms with Gasteiger partial charge in [0.15, 0.2) is 6.29 Å². The molecule has 1 fully saturated rings. The first kappa shape index (κ1) is 10.0. The van der Waals surface area contributed by atoms with E-state index in [9.17, 15) is 0 Å². The molecule has 1 unspecified atom stereocenters. The summed E-state index contributed by atoms with van der Waals surface area (Å²) < 4.78 is 0. The molecule has 12 heavy (non-hydrogen) atoms. The minimum atomic E-state index is -1.14. The normalized spacial score (nSPS) is 24.8. The number of hydrogen-bond acceptors (Lipinski definition) is 2. The second-order valence-electron chi connectivity index (χ2n) is 4.61. The van der Waals surface area contributed by atoms with Gasteiger partial charge in [0, 0.05) is 5.92 Å². The molecule has 72 valence electrons. The highest BCUT2D eigenvalue weighted by Crippen LogP contribution is 2.42. The summed E-state index contributed by atoms with van der Waals surface area (Å²) in [6.45, 7) is 4.17. The van der Waals surface area contributed by atoms with Gasteiger partial charge in [-0.2, -0.15) is 0 Å². The zero-order valence-electron chi connectivity index (χ0n) is 8.08. The Bertz CT molecular complexity index is 137. The molecule has 0 amide bonds. The molecule has 1 atom stereocenters. The van der Waals surface area contributed by atoms with Gasteiger partial charge < -0.3 is 10.2 Å². The molecule has 2 N–H and O–H groups in total. The maximum Gasteiger partial charge on any atom is 0.154 e. The molecule has 2 heteroatoms. The third-order valence-electron chi connectivity index (χ3n) is 3.13. The first-order valence-corrected chi connectivity index (χ1v) is 4.90. The van der Waals surface area contributed by atoms with Crippen LogP contribution in [0, 0.1) is 11.3 Å². The lowest BCUT2D eigenvalue weighted by molar-refractivity contribution is -0.0887. The van der Waals surface area contributed by atoms with Crippen molar-refractivity contribution in [3.05, 3.63) is 0 Å². The van der Waals surface area contributed by atoms with Crippen molar-refractivity contribution in [2.45, 2.75) is 52.2 Å². The second-order valence-corrected chi connectivity index (χ2v) is 4.61. The maximum atomic E-state index is 8.95. The maximum absolute atomic E-state index is 8.95. The Morgan fingerprint density at radius 3 is 2.17 bits per heavy atom. The van der Waals surface area contributed by atoms with E-state index >= 15 is 0 Å². The van der Waals surface area contributed by atoms with Crippen LogP contribution in [0.2, 0.25) is 0 Å². The fourth-order valence-corrected chi connectivity index (χ4v) is 2.32. The Balaban J connectivity index is 2.38. The quantitative estimate of drug-likeness (QED) is 0.638. The molecule has 0 saturated heterocycles. The van der Waals surface area contributed by atoms with Crippen LogP contribution in [0.1, 0.15) is 46.0 Å². The summed E-state index contributed by atoms with van der Waals surface area (Å²) in [6.07, 6.45) is 4.94. The standard InChI is InChI=1S/C10H20O2/c1-8(9(11)12)7-10(2)5-3-4-6-10/h8-9,11-12H,3-7H2,1-2H3. The van der Waals surface area contributed by atoms with Crippen LogP contribution >= 0.6 is 0 Å². The highest BCUT2D eigenvalue weighted by Gasteiger charge is 2.31. The van der Waals surface area contributed by atoms with E-state index in [-0.39, 0.29) is 5.92 Å². The summed E-state index contributed by atoms with van der Waals surface area (Å²) in [5.41, 5.74) is 0.378. The van der Waals surface area contributed by atoms with Crippen molar-refractivity contribution in [3.63, 3.8) is 0 Å². The molecule has 0 aromatic rings. The molecule has 2 nitrogen and oxygen atoms in total. The molecule has 1 aliphatic carbocycles. The molecule has 0 aliphatic heterocycles. The zero-order valence-corrected chi connectivity index (χ0v) is 8.08. The van der Waals surface area contributed by atoms with Gasteiger partial charge in [0.1, 0.15) is 0 Å². The van der Waals surface area contributed by atoms with Crippen molar-refractivity contribution in [1.82, 2.24) is 0 Å². The third kappa shape index (κ3) is 2.46. The Kier molecular flexibility index (Phi) is 3.13. The van der Waals surface area contributed by atoms with E-state index in [0.717, 1.165) is 6.42 Å². The van der Waals surface area contributed by atoms with Gasteiger partial charge in [-0.05, 0) is 24.7 Å². The van der Waals surface area contributed by atoms with E-state index in [4.69, 9.17) is 10.2 Å². The smallest absolute Gasteiger partial charge is 0.154 e. The molecule has 1 aliphatic rings. The van der Waals surface area contributed by atoms with E-state index < -0.39 is 6.29 Å². The van der Waals surface area contributed by atoms with E-state index in [2.05, 4.69) is 6.92 Å². The largest absolute Gasteiger partial charge is 0.368 e. The number of rotatable bonds is 3. The first-order chi connectivity index (χ1) is 5.53. The van der Waals surface area contributed by atoms with Crippen molar-refractivity contribution in [2.24, 2.45) is 11.3 Å². The van der Waals surface area contributed by atoms with Gasteiger partial charge in [0.2, 0.25) is 0 Å². The molecular weight excluding hydrogens is 152 g/mol. The molecule has 0 aromatic heterocycles. The molecule has 0 heterocycles. The van der Waals surface area contributed by atoms with E-state index in [0.29, 0.717) is 5.41 Å². The number of aliphatic hydroxyl groups excluding tert-OH is 1. The molecule has 1 saturated carbocycles. The summed E-state index contributed by atoms with van der Waals surface area (Å²) in [4.78, 5) is 0. The van der Waals surface area contributed by atoms with Gasteiger partial charge >= 0.3 is 0 Å². The lowest BCUT2D eigenvalue weighted by atomic mass is 9.80. The highest BCUT2D eigenvalue weighted by atomic mass is 16.5. The van der Waals surface area contributed by atoms with Crippen LogP contribution in [0.3, 0.4) is 0 Å². The average Bonchev–Trinajstić information content (AvgIpc) is 2.35. The monoisotopic (exact) mass is 172 g/mol. The molecule has 0 bridgehead atoms. The van der Waals surface area contributed by atoms with Gasteiger partial charge in [0.05, 0.1) is 0 Å². The Morgan fingerprint density at radius 2 is 1.75 bits per heavy atom. The van der Waals surface area contributed by atoms with E-state index in [1.807, 2.05) is 6.92 Å². The lowest BCUT2D eigenvalue weighted by Crippen LogP contribution is -2.24. The number of aliphatic hydroxyl groups is 2. The van der Waals surface area contributed by atoms with Crippen LogP contribution in [-0.4, -0.2) is 16.5 Å². The van der Waals surface area contributed by atoms with Crippen molar-refractivity contribution in [1.29, 1.82) is 0 Å². The van der Waals surface area contributed by atoms with Crippen LogP contribution in [0.4, 0.5) is 0 Å². The highest BCUT2D eigenvalue weighted by molar-refractivity contribution is 4.82.